The maximum absolute atomic E-state index is 11.4. The Hall–Kier alpha value is -1.40. The van der Waals surface area contributed by atoms with Crippen LogP contribution in [0, 0.1) is 0 Å². The summed E-state index contributed by atoms with van der Waals surface area (Å²) in [5.74, 6) is 0.0974. The highest BCUT2D eigenvalue weighted by Gasteiger charge is 2.13. The third kappa shape index (κ3) is 5.85. The zero-order valence-electron chi connectivity index (χ0n) is 11.4. The number of anilines is 1. The van der Waals surface area contributed by atoms with Crippen molar-refractivity contribution in [2.45, 2.75) is 26.3 Å². The van der Waals surface area contributed by atoms with Crippen LogP contribution in [-0.4, -0.2) is 33.0 Å². The summed E-state index contributed by atoms with van der Waals surface area (Å²) in [7, 11) is -3.25. The first-order chi connectivity index (χ1) is 8.81. The fourth-order valence-corrected chi connectivity index (χ4v) is 2.33. The second kappa shape index (κ2) is 6.68. The molecular weight excluding hydrogens is 264 g/mol. The summed E-state index contributed by atoms with van der Waals surface area (Å²) in [5, 5.41) is 3.12. The summed E-state index contributed by atoms with van der Waals surface area (Å²) in [5.41, 5.74) is 1.51. The molecule has 2 N–H and O–H groups in total. The van der Waals surface area contributed by atoms with E-state index in [1.807, 2.05) is 19.1 Å². The van der Waals surface area contributed by atoms with E-state index in [4.69, 9.17) is 0 Å². The molecular formula is C13H20N2O3S. The van der Waals surface area contributed by atoms with Crippen LogP contribution in [0.25, 0.3) is 0 Å². The monoisotopic (exact) mass is 284 g/mol. The Morgan fingerprint density at radius 2 is 1.84 bits per heavy atom. The minimum Gasteiger partial charge on any atom is -0.307 e. The summed E-state index contributed by atoms with van der Waals surface area (Å²) in [4.78, 5) is 11.4. The Balaban J connectivity index is 2.73. The molecule has 0 saturated carbocycles. The molecule has 0 aromatic heterocycles. The van der Waals surface area contributed by atoms with Gasteiger partial charge in [-0.25, -0.2) is 8.42 Å². The number of carbonyl (C=O) groups excluding carboxylic acids is 1. The molecule has 0 aliphatic heterocycles. The number of hydrogen-bond donors (Lipinski definition) is 2. The molecule has 106 valence electrons. The van der Waals surface area contributed by atoms with Crippen molar-refractivity contribution in [3.63, 3.8) is 0 Å². The van der Waals surface area contributed by atoms with Crippen LogP contribution in [0.5, 0.6) is 0 Å². The number of rotatable bonds is 7. The van der Waals surface area contributed by atoms with Crippen LogP contribution < -0.4 is 10.0 Å². The maximum atomic E-state index is 11.4. The van der Waals surface area contributed by atoms with Gasteiger partial charge in [-0.15, -0.1) is 0 Å². The van der Waals surface area contributed by atoms with E-state index in [2.05, 4.69) is 10.0 Å². The Morgan fingerprint density at radius 1 is 1.26 bits per heavy atom. The van der Waals surface area contributed by atoms with E-state index < -0.39 is 10.0 Å². The number of nitrogens with one attached hydrogen (secondary N) is 2. The molecule has 0 radical (unpaired) electrons. The lowest BCUT2D eigenvalue weighted by Crippen LogP contribution is -2.37. The Kier molecular flexibility index (Phi) is 5.50. The molecule has 5 nitrogen and oxygen atoms in total. The van der Waals surface area contributed by atoms with Gasteiger partial charge in [0.05, 0.1) is 12.3 Å². The van der Waals surface area contributed by atoms with Gasteiger partial charge in [0.2, 0.25) is 10.0 Å². The van der Waals surface area contributed by atoms with E-state index in [9.17, 15) is 13.2 Å². The van der Waals surface area contributed by atoms with E-state index in [0.29, 0.717) is 12.1 Å². The van der Waals surface area contributed by atoms with E-state index in [1.54, 1.807) is 19.1 Å². The summed E-state index contributed by atoms with van der Waals surface area (Å²) >= 11 is 0. The van der Waals surface area contributed by atoms with Crippen molar-refractivity contribution in [2.75, 3.05) is 17.5 Å². The van der Waals surface area contributed by atoms with E-state index >= 15 is 0 Å². The molecule has 0 spiro atoms. The molecule has 0 amide bonds. The number of ketones is 1. The molecule has 0 heterocycles. The fourth-order valence-electron chi connectivity index (χ4n) is 1.76. The second-order valence-corrected chi connectivity index (χ2v) is 6.24. The molecule has 19 heavy (non-hydrogen) atoms. The number of sulfonamides is 1. The van der Waals surface area contributed by atoms with Gasteiger partial charge in [0.1, 0.15) is 5.78 Å². The summed E-state index contributed by atoms with van der Waals surface area (Å²) < 4.78 is 24.5. The quantitative estimate of drug-likeness (QED) is 0.788. The number of Topliss-reactive ketones (excluding diaryl/α,β-unsaturated/α-hetero) is 1. The number of benzene rings is 1. The van der Waals surface area contributed by atoms with Crippen molar-refractivity contribution in [3.8, 4) is 0 Å². The zero-order valence-corrected chi connectivity index (χ0v) is 12.3. The van der Waals surface area contributed by atoms with Crippen molar-refractivity contribution in [1.29, 1.82) is 0 Å². The molecule has 0 bridgehead atoms. The lowest BCUT2D eigenvalue weighted by molar-refractivity contribution is -0.118. The minimum atomic E-state index is -3.25. The Morgan fingerprint density at radius 3 is 2.26 bits per heavy atom. The molecule has 0 unspecified atom stereocenters. The van der Waals surface area contributed by atoms with Gasteiger partial charge in [-0.1, -0.05) is 19.1 Å². The first kappa shape index (κ1) is 15.7. The van der Waals surface area contributed by atoms with Crippen LogP contribution in [0.1, 0.15) is 19.4 Å². The average molecular weight is 284 g/mol. The van der Waals surface area contributed by atoms with Gasteiger partial charge >= 0.3 is 0 Å². The molecule has 0 aliphatic rings. The van der Waals surface area contributed by atoms with E-state index in [1.165, 1.54) is 0 Å². The maximum Gasteiger partial charge on any atom is 0.229 e. The molecule has 1 aromatic carbocycles. The minimum absolute atomic E-state index is 0.0974. The highest BCUT2D eigenvalue weighted by atomic mass is 32.2. The van der Waals surface area contributed by atoms with Crippen LogP contribution in [0.15, 0.2) is 24.3 Å². The molecule has 1 aromatic rings. The Labute approximate surface area is 114 Å². The molecule has 0 saturated heterocycles. The highest BCUT2D eigenvalue weighted by molar-refractivity contribution is 7.92. The van der Waals surface area contributed by atoms with Crippen LogP contribution in [0.2, 0.25) is 0 Å². The fraction of sp³-hybridized carbons (Fsp3) is 0.462. The predicted octanol–water partition coefficient (Wildman–Crippen LogP) is 1.17. The van der Waals surface area contributed by atoms with Gasteiger partial charge in [0, 0.05) is 5.69 Å². The third-order valence-electron chi connectivity index (χ3n) is 2.64. The van der Waals surface area contributed by atoms with Crippen molar-refractivity contribution < 1.29 is 13.2 Å². The normalized spacial score (nSPS) is 13.0. The predicted molar refractivity (Wildman–Crippen MR) is 76.8 cm³/mol. The third-order valence-corrected chi connectivity index (χ3v) is 3.24. The zero-order chi connectivity index (χ0) is 14.5. The van der Waals surface area contributed by atoms with Gasteiger partial charge in [0.25, 0.3) is 0 Å². The van der Waals surface area contributed by atoms with Crippen LogP contribution in [0.3, 0.4) is 0 Å². The number of carbonyl (C=O) groups is 1. The van der Waals surface area contributed by atoms with Crippen LogP contribution >= 0.6 is 0 Å². The van der Waals surface area contributed by atoms with Gasteiger partial charge < -0.3 is 5.32 Å². The molecule has 0 fully saturated rings. The summed E-state index contributed by atoms with van der Waals surface area (Å²) in [6, 6.07) is 6.83. The van der Waals surface area contributed by atoms with Gasteiger partial charge in [0.15, 0.2) is 0 Å². The lowest BCUT2D eigenvalue weighted by Gasteiger charge is -2.14. The Bertz CT molecular complexity index is 523. The van der Waals surface area contributed by atoms with Crippen LogP contribution in [-0.2, 0) is 21.2 Å². The SMILES string of the molecule is CCN[C@@H](Cc1ccc(NS(C)(=O)=O)cc1)C(C)=O. The molecule has 6 heteroatoms. The first-order valence-electron chi connectivity index (χ1n) is 6.12. The van der Waals surface area contributed by atoms with Crippen molar-refractivity contribution >= 4 is 21.5 Å². The standard InChI is InChI=1S/C13H20N2O3S/c1-4-14-13(10(2)16)9-11-5-7-12(8-6-11)15-19(3,17)18/h5-8,13-15H,4,9H2,1-3H3/t13-/m0/s1. The smallest absolute Gasteiger partial charge is 0.229 e. The van der Waals surface area contributed by atoms with Gasteiger partial charge in [-0.2, -0.15) is 0 Å². The lowest BCUT2D eigenvalue weighted by atomic mass is 10.0. The van der Waals surface area contributed by atoms with Crippen molar-refractivity contribution in [3.05, 3.63) is 29.8 Å². The number of likely N-dealkylation sites (N-methyl/N-ethyl adjacent to an activating group) is 1. The summed E-state index contributed by atoms with van der Waals surface area (Å²) in [6.45, 7) is 4.25. The van der Waals surface area contributed by atoms with Gasteiger partial charge in [-0.3, -0.25) is 9.52 Å². The number of hydrogen-bond acceptors (Lipinski definition) is 4. The highest BCUT2D eigenvalue weighted by Crippen LogP contribution is 2.12. The second-order valence-electron chi connectivity index (χ2n) is 4.50. The van der Waals surface area contributed by atoms with Crippen molar-refractivity contribution in [2.24, 2.45) is 0 Å². The summed E-state index contributed by atoms with van der Waals surface area (Å²) in [6.07, 6.45) is 1.71. The van der Waals surface area contributed by atoms with Crippen LogP contribution in [0.4, 0.5) is 5.69 Å². The van der Waals surface area contributed by atoms with E-state index in [-0.39, 0.29) is 11.8 Å². The van der Waals surface area contributed by atoms with Crippen molar-refractivity contribution in [1.82, 2.24) is 5.32 Å². The topological polar surface area (TPSA) is 75.3 Å². The molecule has 0 aliphatic carbocycles. The largest absolute Gasteiger partial charge is 0.307 e. The average Bonchev–Trinajstić information content (AvgIpc) is 2.29. The first-order valence-corrected chi connectivity index (χ1v) is 8.01. The molecule has 1 rings (SSSR count). The van der Waals surface area contributed by atoms with E-state index in [0.717, 1.165) is 18.4 Å². The van der Waals surface area contributed by atoms with Gasteiger partial charge in [-0.05, 0) is 37.6 Å². The molecule has 1 atom stereocenters.